The minimum atomic E-state index is -1.26. The van der Waals surface area contributed by atoms with Crippen molar-refractivity contribution in [3.8, 4) is 5.75 Å². The molecule has 0 unspecified atom stereocenters. The highest BCUT2D eigenvalue weighted by Gasteiger charge is 2.18. The molecular weight excluding hydrogens is 339 g/mol. The predicted octanol–water partition coefficient (Wildman–Crippen LogP) is 4.77. The van der Waals surface area contributed by atoms with Gasteiger partial charge in [-0.25, -0.2) is 14.2 Å². The van der Waals surface area contributed by atoms with Gasteiger partial charge in [-0.15, -0.1) is 10.2 Å². The first-order chi connectivity index (χ1) is 12.6. The van der Waals surface area contributed by atoms with Crippen LogP contribution < -0.4 is 4.74 Å². The van der Waals surface area contributed by atoms with Crippen LogP contribution >= 0.6 is 0 Å². The summed E-state index contributed by atoms with van der Waals surface area (Å²) in [6, 6.07) is 9.51. The van der Waals surface area contributed by atoms with Crippen LogP contribution in [0.4, 0.5) is 15.9 Å². The monoisotopic (exact) mass is 356 g/mol. The van der Waals surface area contributed by atoms with Crippen LogP contribution in [0, 0.1) is 5.82 Å². The molecule has 0 aliphatic rings. The standard InChI is InChI=1S/C18H17FN4O3/c1-2-3-10-26-14-7-5-13(6-8-14)21-22-17-16(18(24)25)20-15-9-4-12(19)11-23(15)17/h4-9,11H,2-3,10H2,1H3,(H,24,25). The molecule has 0 amide bonds. The number of pyridine rings is 1. The highest BCUT2D eigenvalue weighted by atomic mass is 19.1. The van der Waals surface area contributed by atoms with Gasteiger partial charge in [0.1, 0.15) is 17.2 Å². The lowest BCUT2D eigenvalue weighted by Crippen LogP contribution is -1.96. The van der Waals surface area contributed by atoms with Crippen LogP contribution in [0.1, 0.15) is 30.3 Å². The highest BCUT2D eigenvalue weighted by Crippen LogP contribution is 2.25. The van der Waals surface area contributed by atoms with E-state index in [9.17, 15) is 14.3 Å². The van der Waals surface area contributed by atoms with Crippen molar-refractivity contribution in [3.05, 3.63) is 54.1 Å². The number of imidazole rings is 1. The van der Waals surface area contributed by atoms with Gasteiger partial charge in [0.2, 0.25) is 0 Å². The molecule has 0 bridgehead atoms. The van der Waals surface area contributed by atoms with Crippen molar-refractivity contribution in [2.45, 2.75) is 19.8 Å². The molecule has 2 aromatic heterocycles. The van der Waals surface area contributed by atoms with Gasteiger partial charge in [-0.3, -0.25) is 4.40 Å². The quantitative estimate of drug-likeness (QED) is 0.488. The number of ether oxygens (including phenoxy) is 1. The summed E-state index contributed by atoms with van der Waals surface area (Å²) in [6.07, 6.45) is 3.15. The zero-order valence-corrected chi connectivity index (χ0v) is 14.1. The van der Waals surface area contributed by atoms with Gasteiger partial charge in [0.15, 0.2) is 11.5 Å². The van der Waals surface area contributed by atoms with Gasteiger partial charge in [-0.1, -0.05) is 13.3 Å². The summed E-state index contributed by atoms with van der Waals surface area (Å²) in [5, 5.41) is 17.3. The van der Waals surface area contributed by atoms with E-state index < -0.39 is 11.8 Å². The molecule has 0 radical (unpaired) electrons. The Labute approximate surface area is 148 Å². The molecule has 0 spiro atoms. The second kappa shape index (κ2) is 7.73. The van der Waals surface area contributed by atoms with Crippen LogP contribution in [0.3, 0.4) is 0 Å². The largest absolute Gasteiger partial charge is 0.494 e. The van der Waals surface area contributed by atoms with Crippen molar-refractivity contribution in [1.82, 2.24) is 9.38 Å². The number of rotatable bonds is 7. The molecule has 2 heterocycles. The number of fused-ring (bicyclic) bond motifs is 1. The number of carboxylic acid groups (broad SMARTS) is 1. The summed E-state index contributed by atoms with van der Waals surface area (Å²) in [5.74, 6) is -1.12. The third kappa shape index (κ3) is 3.85. The van der Waals surface area contributed by atoms with Crippen LogP contribution in [0.25, 0.3) is 5.65 Å². The smallest absolute Gasteiger partial charge is 0.358 e. The average molecular weight is 356 g/mol. The molecule has 134 valence electrons. The van der Waals surface area contributed by atoms with Gasteiger partial charge in [0, 0.05) is 6.20 Å². The number of aromatic carboxylic acids is 1. The lowest BCUT2D eigenvalue weighted by Gasteiger charge is -2.04. The molecule has 7 nitrogen and oxygen atoms in total. The number of halogens is 1. The number of carbonyl (C=O) groups is 1. The van der Waals surface area contributed by atoms with Gasteiger partial charge in [0.25, 0.3) is 0 Å². The van der Waals surface area contributed by atoms with Gasteiger partial charge < -0.3 is 9.84 Å². The summed E-state index contributed by atoms with van der Waals surface area (Å²) in [4.78, 5) is 15.3. The van der Waals surface area contributed by atoms with Crippen molar-refractivity contribution in [2.75, 3.05) is 6.61 Å². The van der Waals surface area contributed by atoms with E-state index in [4.69, 9.17) is 4.74 Å². The molecule has 0 atom stereocenters. The van der Waals surface area contributed by atoms with E-state index in [0.29, 0.717) is 12.3 Å². The molecule has 0 aliphatic carbocycles. The van der Waals surface area contributed by atoms with E-state index in [1.54, 1.807) is 24.3 Å². The van der Waals surface area contributed by atoms with Crippen LogP contribution in [0.2, 0.25) is 0 Å². The highest BCUT2D eigenvalue weighted by molar-refractivity contribution is 5.91. The molecule has 1 N–H and O–H groups in total. The predicted molar refractivity (Wildman–Crippen MR) is 93.1 cm³/mol. The Hall–Kier alpha value is -3.29. The number of hydrogen-bond donors (Lipinski definition) is 1. The number of nitrogens with zero attached hydrogens (tertiary/aromatic N) is 4. The number of carboxylic acids is 1. The lowest BCUT2D eigenvalue weighted by atomic mass is 10.3. The Bertz CT molecular complexity index is 951. The zero-order valence-electron chi connectivity index (χ0n) is 14.1. The Kier molecular flexibility index (Phi) is 5.21. The summed E-state index contributed by atoms with van der Waals surface area (Å²) in [6.45, 7) is 2.73. The van der Waals surface area contributed by atoms with Crippen molar-refractivity contribution >= 4 is 23.1 Å². The Morgan fingerprint density at radius 1 is 1.23 bits per heavy atom. The van der Waals surface area contributed by atoms with E-state index in [2.05, 4.69) is 22.1 Å². The first-order valence-corrected chi connectivity index (χ1v) is 8.14. The summed E-state index contributed by atoms with van der Waals surface area (Å²) < 4.78 is 20.3. The minimum Gasteiger partial charge on any atom is -0.494 e. The fourth-order valence-electron chi connectivity index (χ4n) is 2.29. The molecule has 0 fully saturated rings. The Morgan fingerprint density at radius 3 is 2.69 bits per heavy atom. The summed E-state index contributed by atoms with van der Waals surface area (Å²) >= 11 is 0. The third-order valence-electron chi connectivity index (χ3n) is 3.62. The van der Waals surface area contributed by atoms with Crippen molar-refractivity contribution in [2.24, 2.45) is 10.2 Å². The number of azo groups is 1. The van der Waals surface area contributed by atoms with Crippen LogP contribution in [0.5, 0.6) is 5.75 Å². The number of benzene rings is 1. The van der Waals surface area contributed by atoms with Crippen LogP contribution in [-0.4, -0.2) is 27.1 Å². The first-order valence-electron chi connectivity index (χ1n) is 8.14. The normalized spacial score (nSPS) is 11.3. The van der Waals surface area contributed by atoms with Gasteiger partial charge >= 0.3 is 5.97 Å². The fourth-order valence-corrected chi connectivity index (χ4v) is 2.29. The first kappa shape index (κ1) is 17.5. The topological polar surface area (TPSA) is 88.5 Å². The lowest BCUT2D eigenvalue weighted by molar-refractivity contribution is 0.0692. The van der Waals surface area contributed by atoms with E-state index in [0.717, 1.165) is 24.8 Å². The van der Waals surface area contributed by atoms with Gasteiger partial charge in [-0.05, 0) is 42.8 Å². The van der Waals surface area contributed by atoms with E-state index >= 15 is 0 Å². The van der Waals surface area contributed by atoms with Crippen LogP contribution in [-0.2, 0) is 0 Å². The maximum absolute atomic E-state index is 13.5. The number of unbranched alkanes of at least 4 members (excludes halogenated alkanes) is 1. The van der Waals surface area contributed by atoms with Crippen molar-refractivity contribution < 1.29 is 19.0 Å². The SMILES string of the molecule is CCCCOc1ccc(N=Nc2c(C(=O)O)nc3ccc(F)cn23)cc1. The number of hydrogen-bond acceptors (Lipinski definition) is 5. The number of aromatic nitrogens is 2. The molecule has 0 saturated heterocycles. The van der Waals surface area contributed by atoms with E-state index in [1.165, 1.54) is 16.5 Å². The summed E-state index contributed by atoms with van der Waals surface area (Å²) in [5.41, 5.74) is 0.492. The Morgan fingerprint density at radius 2 is 2.00 bits per heavy atom. The molecule has 3 rings (SSSR count). The second-order valence-corrected chi connectivity index (χ2v) is 5.56. The van der Waals surface area contributed by atoms with E-state index in [1.807, 2.05) is 0 Å². The second-order valence-electron chi connectivity index (χ2n) is 5.56. The maximum atomic E-state index is 13.5. The molecule has 1 aromatic carbocycles. The molecule has 0 saturated carbocycles. The molecular formula is C18H17FN4O3. The minimum absolute atomic E-state index is 0.0460. The molecule has 0 aliphatic heterocycles. The molecule has 26 heavy (non-hydrogen) atoms. The zero-order chi connectivity index (χ0) is 18.5. The van der Waals surface area contributed by atoms with E-state index in [-0.39, 0.29) is 17.2 Å². The average Bonchev–Trinajstić information content (AvgIpc) is 2.99. The van der Waals surface area contributed by atoms with Crippen molar-refractivity contribution in [1.29, 1.82) is 0 Å². The van der Waals surface area contributed by atoms with Crippen LogP contribution in [0.15, 0.2) is 52.8 Å². The third-order valence-corrected chi connectivity index (χ3v) is 3.62. The fraction of sp³-hybridized carbons (Fsp3) is 0.222. The van der Waals surface area contributed by atoms with Gasteiger partial charge in [-0.2, -0.15) is 0 Å². The maximum Gasteiger partial charge on any atom is 0.358 e. The molecule has 8 heteroatoms. The van der Waals surface area contributed by atoms with Crippen molar-refractivity contribution in [3.63, 3.8) is 0 Å². The molecule has 3 aromatic rings. The Balaban J connectivity index is 1.87. The van der Waals surface area contributed by atoms with Gasteiger partial charge in [0.05, 0.1) is 12.3 Å². The summed E-state index contributed by atoms with van der Waals surface area (Å²) in [7, 11) is 0.